The number of nitrogens with one attached hydrogen (secondary N) is 1. The van der Waals surface area contributed by atoms with E-state index >= 15 is 0 Å². The van der Waals surface area contributed by atoms with Gasteiger partial charge in [0.05, 0.1) is 10.6 Å². The van der Waals surface area contributed by atoms with E-state index in [4.69, 9.17) is 4.74 Å². The van der Waals surface area contributed by atoms with Crippen LogP contribution in [0.4, 0.5) is 0 Å². The maximum absolute atomic E-state index is 6.53. The molecule has 0 fully saturated rings. The molecule has 0 spiro atoms. The summed E-state index contributed by atoms with van der Waals surface area (Å²) in [6, 6.07) is 17.3. The van der Waals surface area contributed by atoms with Gasteiger partial charge in [0.25, 0.3) is 0 Å². The van der Waals surface area contributed by atoms with Crippen molar-refractivity contribution in [3.05, 3.63) is 72.3 Å². The topological polar surface area (TPSA) is 26.2 Å². The Kier molecular flexibility index (Phi) is 4.10. The number of fused-ring (bicyclic) bond motifs is 6. The number of para-hydroxylation sites is 1. The molecule has 1 N–H and O–H groups in total. The molecule has 1 atom stereocenters. The molecule has 1 aromatic heterocycles. The number of benzene rings is 2. The average Bonchev–Trinajstić information content (AvgIpc) is 3.19. The first-order chi connectivity index (χ1) is 13.3. The Hall–Kier alpha value is -2.43. The predicted octanol–water partition coefficient (Wildman–Crippen LogP) is 5.17. The summed E-state index contributed by atoms with van der Waals surface area (Å²) in [7, 11) is 1.98. The molecular formula is C23H22N2OS. The van der Waals surface area contributed by atoms with Crippen molar-refractivity contribution in [1.82, 2.24) is 9.88 Å². The largest absolute Gasteiger partial charge is 0.488 e. The van der Waals surface area contributed by atoms with Crippen LogP contribution in [0.15, 0.2) is 71.1 Å². The first kappa shape index (κ1) is 16.7. The van der Waals surface area contributed by atoms with Crippen LogP contribution >= 0.6 is 11.8 Å². The molecule has 0 radical (unpaired) electrons. The van der Waals surface area contributed by atoms with Gasteiger partial charge < -0.3 is 14.6 Å². The average molecular weight is 375 g/mol. The van der Waals surface area contributed by atoms with Gasteiger partial charge in [0.2, 0.25) is 0 Å². The summed E-state index contributed by atoms with van der Waals surface area (Å²) in [4.78, 5) is 1.30. The SMILES string of the molecule is C=CCn1c2c(c3ccccc31)C1=C(CC(CNC)O1)c1ccccc1S2. The number of likely N-dealkylation sites (N-methyl/N-ethyl adjacent to an activating group) is 1. The van der Waals surface area contributed by atoms with Crippen LogP contribution in [0.5, 0.6) is 0 Å². The van der Waals surface area contributed by atoms with E-state index in [0.29, 0.717) is 0 Å². The Bertz CT molecular complexity index is 1080. The van der Waals surface area contributed by atoms with Gasteiger partial charge in [0, 0.05) is 40.9 Å². The molecule has 2 aromatic carbocycles. The van der Waals surface area contributed by atoms with E-state index < -0.39 is 0 Å². The van der Waals surface area contributed by atoms with Crippen molar-refractivity contribution in [3.63, 3.8) is 0 Å². The minimum absolute atomic E-state index is 0.172. The van der Waals surface area contributed by atoms with Crippen LogP contribution in [0.25, 0.3) is 22.2 Å². The minimum atomic E-state index is 0.172. The zero-order valence-electron chi connectivity index (χ0n) is 15.4. The predicted molar refractivity (Wildman–Crippen MR) is 113 cm³/mol. The fraction of sp³-hybridized carbons (Fsp3) is 0.217. The third-order valence-electron chi connectivity index (χ3n) is 5.30. The molecule has 1 unspecified atom stereocenters. The van der Waals surface area contributed by atoms with Crippen molar-refractivity contribution in [1.29, 1.82) is 0 Å². The fourth-order valence-corrected chi connectivity index (χ4v) is 5.45. The second-order valence-corrected chi connectivity index (χ2v) is 8.03. The molecule has 0 saturated heterocycles. The first-order valence-electron chi connectivity index (χ1n) is 9.36. The summed E-state index contributed by atoms with van der Waals surface area (Å²) in [5.74, 6) is 1.06. The van der Waals surface area contributed by atoms with Gasteiger partial charge in [0.15, 0.2) is 0 Å². The van der Waals surface area contributed by atoms with Crippen LogP contribution in [0.3, 0.4) is 0 Å². The van der Waals surface area contributed by atoms with Crippen LogP contribution in [-0.4, -0.2) is 24.3 Å². The van der Waals surface area contributed by atoms with Gasteiger partial charge in [0.1, 0.15) is 11.9 Å². The van der Waals surface area contributed by atoms with Crippen molar-refractivity contribution in [3.8, 4) is 0 Å². The van der Waals surface area contributed by atoms with Gasteiger partial charge in [-0.05, 0) is 24.7 Å². The molecule has 4 heteroatoms. The van der Waals surface area contributed by atoms with Crippen molar-refractivity contribution < 1.29 is 4.74 Å². The van der Waals surface area contributed by atoms with Crippen LogP contribution in [-0.2, 0) is 11.3 Å². The highest BCUT2D eigenvalue weighted by molar-refractivity contribution is 7.99. The summed E-state index contributed by atoms with van der Waals surface area (Å²) in [6.45, 7) is 5.62. The van der Waals surface area contributed by atoms with E-state index in [9.17, 15) is 0 Å². The van der Waals surface area contributed by atoms with E-state index in [1.54, 1.807) is 0 Å². The summed E-state index contributed by atoms with van der Waals surface area (Å²) in [5.41, 5.74) is 5.11. The van der Waals surface area contributed by atoms with Gasteiger partial charge in [-0.3, -0.25) is 0 Å². The molecular weight excluding hydrogens is 352 g/mol. The van der Waals surface area contributed by atoms with E-state index in [0.717, 1.165) is 25.3 Å². The molecule has 3 nitrogen and oxygen atoms in total. The number of nitrogens with zero attached hydrogens (tertiary/aromatic N) is 1. The molecule has 2 aliphatic heterocycles. The molecule has 27 heavy (non-hydrogen) atoms. The highest BCUT2D eigenvalue weighted by Gasteiger charge is 2.35. The van der Waals surface area contributed by atoms with Gasteiger partial charge in [-0.15, -0.1) is 6.58 Å². The molecule has 136 valence electrons. The van der Waals surface area contributed by atoms with Crippen molar-refractivity contribution >= 4 is 34.0 Å². The summed E-state index contributed by atoms with van der Waals surface area (Å²) < 4.78 is 8.90. The highest BCUT2D eigenvalue weighted by Crippen LogP contribution is 2.52. The van der Waals surface area contributed by atoms with Crippen LogP contribution in [0.1, 0.15) is 17.5 Å². The number of aromatic nitrogens is 1. The van der Waals surface area contributed by atoms with Gasteiger partial charge in [-0.25, -0.2) is 0 Å². The van der Waals surface area contributed by atoms with E-state index in [2.05, 4.69) is 65.0 Å². The third kappa shape index (κ3) is 2.55. The van der Waals surface area contributed by atoms with Crippen molar-refractivity contribution in [2.75, 3.05) is 13.6 Å². The molecule has 3 aromatic rings. The van der Waals surface area contributed by atoms with Crippen LogP contribution < -0.4 is 5.32 Å². The highest BCUT2D eigenvalue weighted by atomic mass is 32.2. The van der Waals surface area contributed by atoms with E-state index in [1.165, 1.54) is 37.5 Å². The smallest absolute Gasteiger partial charge is 0.134 e. The zero-order chi connectivity index (χ0) is 18.4. The number of hydrogen-bond acceptors (Lipinski definition) is 3. The molecule has 0 saturated carbocycles. The van der Waals surface area contributed by atoms with Crippen molar-refractivity contribution in [2.24, 2.45) is 0 Å². The number of allylic oxidation sites excluding steroid dienone is 1. The third-order valence-corrected chi connectivity index (χ3v) is 6.50. The summed E-state index contributed by atoms with van der Waals surface area (Å²) in [6.07, 6.45) is 3.08. The Morgan fingerprint density at radius 1 is 1.22 bits per heavy atom. The monoisotopic (exact) mass is 374 g/mol. The maximum atomic E-state index is 6.53. The minimum Gasteiger partial charge on any atom is -0.488 e. The Morgan fingerprint density at radius 2 is 2.04 bits per heavy atom. The first-order valence-corrected chi connectivity index (χ1v) is 10.2. The molecule has 3 heterocycles. The molecule has 0 aliphatic carbocycles. The van der Waals surface area contributed by atoms with E-state index in [1.807, 2.05) is 24.9 Å². The van der Waals surface area contributed by atoms with Crippen LogP contribution in [0, 0.1) is 0 Å². The van der Waals surface area contributed by atoms with E-state index in [-0.39, 0.29) is 6.10 Å². The number of rotatable bonds is 4. The lowest BCUT2D eigenvalue weighted by molar-refractivity contribution is 0.190. The molecule has 5 rings (SSSR count). The molecule has 2 aliphatic rings. The lowest BCUT2D eigenvalue weighted by Crippen LogP contribution is -2.23. The quantitative estimate of drug-likeness (QED) is 0.638. The normalized spacial score (nSPS) is 17.9. The Morgan fingerprint density at radius 3 is 2.89 bits per heavy atom. The van der Waals surface area contributed by atoms with Crippen molar-refractivity contribution in [2.45, 2.75) is 29.0 Å². The number of hydrogen-bond donors (Lipinski definition) is 1. The second-order valence-electron chi connectivity index (χ2n) is 7.00. The van der Waals surface area contributed by atoms with Gasteiger partial charge >= 0.3 is 0 Å². The van der Waals surface area contributed by atoms with Gasteiger partial charge in [-0.2, -0.15) is 0 Å². The lowest BCUT2D eigenvalue weighted by atomic mass is 9.98. The zero-order valence-corrected chi connectivity index (χ0v) is 16.2. The van der Waals surface area contributed by atoms with Crippen LogP contribution in [0.2, 0.25) is 0 Å². The Labute approximate surface area is 163 Å². The fourth-order valence-electron chi connectivity index (χ4n) is 4.21. The summed E-state index contributed by atoms with van der Waals surface area (Å²) >= 11 is 1.84. The molecule has 0 bridgehead atoms. The molecule has 0 amide bonds. The second kappa shape index (κ2) is 6.63. The lowest BCUT2D eigenvalue weighted by Gasteiger charge is -2.14. The Balaban J connectivity index is 1.82. The number of ether oxygens (including phenoxy) is 1. The maximum Gasteiger partial charge on any atom is 0.134 e. The standard InChI is InChI=1S/C23H22N2OS/c1-3-12-25-19-10-6-4-9-17(19)21-22-18(13-15(26-22)14-24-2)16-8-5-7-11-20(16)27-23(21)25/h3-11,15,24H,1,12-14H2,2H3. The summed E-state index contributed by atoms with van der Waals surface area (Å²) in [5, 5.41) is 5.78. The van der Waals surface area contributed by atoms with Gasteiger partial charge in [-0.1, -0.05) is 54.2 Å².